The number of likely N-dealkylation sites (tertiary alicyclic amines) is 2. The van der Waals surface area contributed by atoms with E-state index < -0.39 is 12.0 Å². The number of carbonyl (C=O) groups excluding carboxylic acids is 3. The number of ether oxygens (including phenoxy) is 1. The summed E-state index contributed by atoms with van der Waals surface area (Å²) < 4.78 is 4.87. The normalized spacial score (nSPS) is 21.3. The minimum Gasteiger partial charge on any atom is -0.467 e. The van der Waals surface area contributed by atoms with Crippen LogP contribution >= 0.6 is 0 Å². The van der Waals surface area contributed by atoms with E-state index >= 15 is 0 Å². The molecule has 1 aromatic carbocycles. The average Bonchev–Trinajstić information content (AvgIpc) is 3.19. The third-order valence-electron chi connectivity index (χ3n) is 6.31. The van der Waals surface area contributed by atoms with E-state index in [0.717, 1.165) is 37.8 Å². The van der Waals surface area contributed by atoms with Crippen molar-refractivity contribution in [2.24, 2.45) is 5.92 Å². The van der Waals surface area contributed by atoms with Crippen molar-refractivity contribution >= 4 is 17.8 Å². The first-order valence-electron chi connectivity index (χ1n) is 10.9. The first-order chi connectivity index (χ1) is 14.5. The quantitative estimate of drug-likeness (QED) is 0.685. The molecule has 1 aromatic rings. The molecule has 0 aromatic heterocycles. The highest BCUT2D eigenvalue weighted by Crippen LogP contribution is 2.24. The number of carbonyl (C=O) groups is 3. The van der Waals surface area contributed by atoms with Gasteiger partial charge in [0.2, 0.25) is 11.8 Å². The van der Waals surface area contributed by atoms with Crippen molar-refractivity contribution in [1.82, 2.24) is 15.1 Å². The molecular formula is C23H33N3O4. The van der Waals surface area contributed by atoms with Gasteiger partial charge in [0.25, 0.3) is 0 Å². The number of piperidine rings is 1. The maximum atomic E-state index is 12.7. The molecule has 2 atom stereocenters. The molecule has 30 heavy (non-hydrogen) atoms. The molecule has 2 unspecified atom stereocenters. The van der Waals surface area contributed by atoms with Crippen LogP contribution in [0.2, 0.25) is 0 Å². The summed E-state index contributed by atoms with van der Waals surface area (Å²) in [5.74, 6) is -0.119. The summed E-state index contributed by atoms with van der Waals surface area (Å²) in [6, 6.07) is 8.91. The topological polar surface area (TPSA) is 79.0 Å². The molecule has 2 amide bonds. The van der Waals surface area contributed by atoms with Gasteiger partial charge in [-0.1, -0.05) is 30.3 Å². The summed E-state index contributed by atoms with van der Waals surface area (Å²) >= 11 is 0. The minimum atomic E-state index is -0.690. The Hall–Kier alpha value is -2.41. The predicted octanol–water partition coefficient (Wildman–Crippen LogP) is 1.61. The zero-order valence-electron chi connectivity index (χ0n) is 18.0. The van der Waals surface area contributed by atoms with Crippen LogP contribution in [0.15, 0.2) is 30.3 Å². The molecule has 2 heterocycles. The number of hydrogen-bond acceptors (Lipinski definition) is 5. The van der Waals surface area contributed by atoms with Crippen molar-refractivity contribution in [3.63, 3.8) is 0 Å². The van der Waals surface area contributed by atoms with E-state index in [9.17, 15) is 14.4 Å². The Bertz CT molecular complexity index is 731. The molecule has 2 aliphatic heterocycles. The van der Waals surface area contributed by atoms with Gasteiger partial charge in [-0.3, -0.25) is 14.5 Å². The number of hydrogen-bond donors (Lipinski definition) is 1. The van der Waals surface area contributed by atoms with Crippen LogP contribution in [0.4, 0.5) is 0 Å². The lowest BCUT2D eigenvalue weighted by Crippen LogP contribution is -2.48. The van der Waals surface area contributed by atoms with E-state index in [1.54, 1.807) is 0 Å². The van der Waals surface area contributed by atoms with Gasteiger partial charge in [-0.25, -0.2) is 4.79 Å². The summed E-state index contributed by atoms with van der Waals surface area (Å²) in [6.45, 7) is 2.38. The highest BCUT2D eigenvalue weighted by molar-refractivity contribution is 5.85. The first kappa shape index (κ1) is 22.3. The first-order valence-corrected chi connectivity index (χ1v) is 10.9. The van der Waals surface area contributed by atoms with Gasteiger partial charge in [0.15, 0.2) is 0 Å². The maximum absolute atomic E-state index is 12.7. The lowest BCUT2D eigenvalue weighted by atomic mass is 9.92. The van der Waals surface area contributed by atoms with E-state index in [2.05, 4.69) is 10.2 Å². The second kappa shape index (κ2) is 10.6. The Kier molecular flexibility index (Phi) is 7.85. The van der Waals surface area contributed by atoms with Crippen LogP contribution < -0.4 is 5.32 Å². The number of amides is 2. The molecule has 0 radical (unpaired) electrons. The molecule has 0 spiro atoms. The fraction of sp³-hybridized carbons (Fsp3) is 0.609. The second-order valence-electron chi connectivity index (χ2n) is 8.44. The van der Waals surface area contributed by atoms with Crippen molar-refractivity contribution in [2.45, 2.75) is 50.6 Å². The number of rotatable bonds is 7. The van der Waals surface area contributed by atoms with Crippen molar-refractivity contribution < 1.29 is 19.1 Å². The van der Waals surface area contributed by atoms with Gasteiger partial charge >= 0.3 is 5.97 Å². The van der Waals surface area contributed by atoms with Crippen LogP contribution in [-0.4, -0.2) is 73.5 Å². The van der Waals surface area contributed by atoms with Crippen LogP contribution in [0.1, 0.15) is 37.7 Å². The Morgan fingerprint density at radius 3 is 2.40 bits per heavy atom. The Morgan fingerprint density at radius 1 is 1.10 bits per heavy atom. The Morgan fingerprint density at radius 2 is 1.80 bits per heavy atom. The van der Waals surface area contributed by atoms with E-state index in [1.807, 2.05) is 42.3 Å². The summed E-state index contributed by atoms with van der Waals surface area (Å²) in [5.41, 5.74) is 0.969. The molecule has 2 saturated heterocycles. The molecule has 7 nitrogen and oxygen atoms in total. The van der Waals surface area contributed by atoms with Crippen LogP contribution in [-0.2, 0) is 25.5 Å². The summed E-state index contributed by atoms with van der Waals surface area (Å²) in [4.78, 5) is 41.5. The molecule has 0 aliphatic carbocycles. The lowest BCUT2D eigenvalue weighted by molar-refractivity contribution is -0.145. The molecule has 3 rings (SSSR count). The lowest BCUT2D eigenvalue weighted by Gasteiger charge is -2.34. The van der Waals surface area contributed by atoms with Gasteiger partial charge in [-0.05, 0) is 50.8 Å². The van der Waals surface area contributed by atoms with E-state index in [0.29, 0.717) is 25.9 Å². The Labute approximate surface area is 178 Å². The van der Waals surface area contributed by atoms with Crippen LogP contribution in [0.25, 0.3) is 0 Å². The zero-order valence-corrected chi connectivity index (χ0v) is 18.0. The molecule has 7 heteroatoms. The molecule has 2 fully saturated rings. The smallest absolute Gasteiger partial charge is 0.328 e. The number of likely N-dealkylation sites (N-methyl/N-ethyl adjacent to an activating group) is 1. The van der Waals surface area contributed by atoms with E-state index in [1.165, 1.54) is 7.11 Å². The van der Waals surface area contributed by atoms with Crippen LogP contribution in [0.3, 0.4) is 0 Å². The van der Waals surface area contributed by atoms with Crippen molar-refractivity contribution in [3.8, 4) is 0 Å². The largest absolute Gasteiger partial charge is 0.467 e. The third kappa shape index (κ3) is 5.81. The Balaban J connectivity index is 1.47. The van der Waals surface area contributed by atoms with Crippen molar-refractivity contribution in [3.05, 3.63) is 35.9 Å². The van der Waals surface area contributed by atoms with Crippen LogP contribution in [0, 0.1) is 5.92 Å². The number of benzene rings is 1. The third-order valence-corrected chi connectivity index (χ3v) is 6.31. The van der Waals surface area contributed by atoms with Crippen molar-refractivity contribution in [2.75, 3.05) is 33.8 Å². The maximum Gasteiger partial charge on any atom is 0.328 e. The van der Waals surface area contributed by atoms with Gasteiger partial charge in [-0.2, -0.15) is 0 Å². The molecule has 1 N–H and O–H groups in total. The summed E-state index contributed by atoms with van der Waals surface area (Å²) in [5, 5.41) is 2.85. The molecule has 0 bridgehead atoms. The zero-order chi connectivity index (χ0) is 21.5. The van der Waals surface area contributed by atoms with Gasteiger partial charge in [0, 0.05) is 25.9 Å². The second-order valence-corrected chi connectivity index (χ2v) is 8.44. The number of nitrogens with one attached hydrogen (secondary N) is 1. The number of nitrogens with zero attached hydrogens (tertiary/aromatic N) is 2. The number of methoxy groups -OCH3 is 1. The summed E-state index contributed by atoms with van der Waals surface area (Å²) in [7, 11) is 3.35. The van der Waals surface area contributed by atoms with E-state index in [-0.39, 0.29) is 23.8 Å². The van der Waals surface area contributed by atoms with Gasteiger partial charge in [0.1, 0.15) is 6.04 Å². The number of esters is 1. The highest BCUT2D eigenvalue weighted by Gasteiger charge is 2.33. The fourth-order valence-electron chi connectivity index (χ4n) is 4.49. The monoisotopic (exact) mass is 415 g/mol. The van der Waals surface area contributed by atoms with Gasteiger partial charge < -0.3 is 15.0 Å². The molecule has 2 aliphatic rings. The average molecular weight is 416 g/mol. The van der Waals surface area contributed by atoms with E-state index in [4.69, 9.17) is 4.74 Å². The van der Waals surface area contributed by atoms with Crippen molar-refractivity contribution in [1.29, 1.82) is 0 Å². The van der Waals surface area contributed by atoms with Gasteiger partial charge in [-0.15, -0.1) is 0 Å². The predicted molar refractivity (Wildman–Crippen MR) is 114 cm³/mol. The van der Waals surface area contributed by atoms with Gasteiger partial charge in [0.05, 0.1) is 13.2 Å². The highest BCUT2D eigenvalue weighted by atomic mass is 16.5. The fourth-order valence-corrected chi connectivity index (χ4v) is 4.49. The minimum absolute atomic E-state index is 0.0173. The van der Waals surface area contributed by atoms with Crippen LogP contribution in [0.5, 0.6) is 0 Å². The molecular weight excluding hydrogens is 382 g/mol. The molecule has 164 valence electrons. The molecule has 0 saturated carbocycles. The summed E-state index contributed by atoms with van der Waals surface area (Å²) in [6.07, 6.45) is 4.42. The SMILES string of the molecule is COC(=O)C(Cc1ccccc1)NC(=O)CC1CCN(C(=O)C2CCCN2C)CC1. The standard InChI is InChI=1S/C23H33N3O4/c1-25-12-6-9-20(25)22(28)26-13-10-18(11-14-26)16-21(27)24-19(23(29)30-2)15-17-7-4-3-5-8-17/h3-5,7-8,18-20H,6,9-16H2,1-2H3,(H,24,27).